The van der Waals surface area contributed by atoms with E-state index in [0.717, 1.165) is 32.1 Å². The molecule has 3 aliphatic rings. The molecule has 0 aromatic carbocycles. The zero-order chi connectivity index (χ0) is 20.8. The second-order valence-corrected chi connectivity index (χ2v) is 8.03. The third-order valence-corrected chi connectivity index (χ3v) is 6.00. The quantitative estimate of drug-likeness (QED) is 0.468. The highest BCUT2D eigenvalue weighted by atomic mass is 16.2. The number of urea groups is 1. The number of piperidine rings is 1. The molecule has 29 heavy (non-hydrogen) atoms. The van der Waals surface area contributed by atoms with E-state index in [-0.39, 0.29) is 43.5 Å². The summed E-state index contributed by atoms with van der Waals surface area (Å²) in [5.41, 5.74) is 5.51. The van der Waals surface area contributed by atoms with Crippen molar-refractivity contribution in [2.45, 2.75) is 63.1 Å². The van der Waals surface area contributed by atoms with Gasteiger partial charge >= 0.3 is 6.03 Å². The van der Waals surface area contributed by atoms with E-state index >= 15 is 0 Å². The van der Waals surface area contributed by atoms with Gasteiger partial charge < -0.3 is 31.5 Å². The van der Waals surface area contributed by atoms with Crippen LogP contribution in [0.3, 0.4) is 0 Å². The Morgan fingerprint density at radius 3 is 2.48 bits per heavy atom. The van der Waals surface area contributed by atoms with Gasteiger partial charge in [0.1, 0.15) is 12.1 Å². The van der Waals surface area contributed by atoms with Gasteiger partial charge in [0.2, 0.25) is 17.7 Å². The van der Waals surface area contributed by atoms with Crippen molar-refractivity contribution >= 4 is 23.8 Å². The van der Waals surface area contributed by atoms with Crippen molar-refractivity contribution in [3.63, 3.8) is 0 Å². The molecular weight excluding hydrogens is 376 g/mol. The van der Waals surface area contributed by atoms with Gasteiger partial charge in [-0.05, 0) is 25.7 Å². The van der Waals surface area contributed by atoms with Gasteiger partial charge in [-0.3, -0.25) is 14.4 Å². The van der Waals surface area contributed by atoms with Crippen molar-refractivity contribution < 1.29 is 19.2 Å². The Hall–Kier alpha value is -2.36. The summed E-state index contributed by atoms with van der Waals surface area (Å²) in [7, 11) is 0. The Balaban J connectivity index is 1.64. The van der Waals surface area contributed by atoms with E-state index in [0.29, 0.717) is 19.5 Å². The normalized spacial score (nSPS) is 25.9. The van der Waals surface area contributed by atoms with Gasteiger partial charge in [0, 0.05) is 25.7 Å². The summed E-state index contributed by atoms with van der Waals surface area (Å²) in [4.78, 5) is 52.9. The fourth-order valence-corrected chi connectivity index (χ4v) is 4.30. The van der Waals surface area contributed by atoms with Crippen molar-refractivity contribution in [3.05, 3.63) is 0 Å². The molecule has 0 radical (unpaired) electrons. The van der Waals surface area contributed by atoms with Crippen LogP contribution in [-0.4, -0.2) is 84.4 Å². The van der Waals surface area contributed by atoms with Crippen LogP contribution in [0.5, 0.6) is 0 Å². The maximum atomic E-state index is 12.9. The highest BCUT2D eigenvalue weighted by molar-refractivity contribution is 5.93. The maximum Gasteiger partial charge on any atom is 0.317 e. The smallest absolute Gasteiger partial charge is 0.317 e. The van der Waals surface area contributed by atoms with Crippen LogP contribution in [0.4, 0.5) is 4.79 Å². The lowest BCUT2D eigenvalue weighted by atomic mass is 9.96. The molecule has 1 aliphatic carbocycles. The summed E-state index contributed by atoms with van der Waals surface area (Å²) < 4.78 is 0. The van der Waals surface area contributed by atoms with Crippen LogP contribution >= 0.6 is 0 Å². The molecule has 3 fully saturated rings. The molecule has 2 saturated heterocycles. The third kappa shape index (κ3) is 5.37. The summed E-state index contributed by atoms with van der Waals surface area (Å²) in [6.45, 7) is 1.06. The summed E-state index contributed by atoms with van der Waals surface area (Å²) in [6, 6.07) is -1.51. The van der Waals surface area contributed by atoms with Gasteiger partial charge in [0.05, 0.1) is 13.1 Å². The van der Waals surface area contributed by atoms with Crippen molar-refractivity contribution in [3.8, 4) is 0 Å². The first-order chi connectivity index (χ1) is 14.0. The molecule has 2 atom stereocenters. The summed E-state index contributed by atoms with van der Waals surface area (Å²) in [5, 5.41) is 8.53. The molecule has 0 bridgehead atoms. The van der Waals surface area contributed by atoms with Gasteiger partial charge in [-0.1, -0.05) is 19.3 Å². The molecule has 5 N–H and O–H groups in total. The van der Waals surface area contributed by atoms with Gasteiger partial charge in [0.15, 0.2) is 0 Å². The van der Waals surface area contributed by atoms with Gasteiger partial charge in [-0.15, -0.1) is 0 Å². The lowest BCUT2D eigenvalue weighted by Crippen LogP contribution is -2.65. The number of piperazine rings is 1. The van der Waals surface area contributed by atoms with Gasteiger partial charge in [-0.2, -0.15) is 0 Å². The molecule has 0 aromatic heterocycles. The third-order valence-electron chi connectivity index (χ3n) is 6.00. The highest BCUT2D eigenvalue weighted by Crippen LogP contribution is 2.18. The van der Waals surface area contributed by atoms with E-state index < -0.39 is 18.0 Å². The van der Waals surface area contributed by atoms with Crippen molar-refractivity contribution in [2.24, 2.45) is 5.73 Å². The van der Waals surface area contributed by atoms with E-state index in [1.807, 2.05) is 0 Å². The number of nitrogens with zero attached hydrogens (tertiary/aromatic N) is 2. The number of amides is 5. The maximum absolute atomic E-state index is 12.9. The lowest BCUT2D eigenvalue weighted by molar-refractivity contribution is -0.143. The molecule has 1 saturated carbocycles. The minimum absolute atomic E-state index is 0.0878. The number of hydrogen-bond acceptors (Lipinski definition) is 5. The first-order valence-electron chi connectivity index (χ1n) is 10.6. The van der Waals surface area contributed by atoms with Crippen molar-refractivity contribution in [1.29, 1.82) is 0 Å². The van der Waals surface area contributed by atoms with Crippen LogP contribution in [0.25, 0.3) is 0 Å². The molecule has 162 valence electrons. The average Bonchev–Trinajstić information content (AvgIpc) is 2.75. The Morgan fingerprint density at radius 1 is 1.03 bits per heavy atom. The summed E-state index contributed by atoms with van der Waals surface area (Å²) in [5.74, 6) is -0.987. The van der Waals surface area contributed by atoms with E-state index in [1.54, 1.807) is 4.90 Å². The van der Waals surface area contributed by atoms with E-state index in [9.17, 15) is 19.2 Å². The summed E-state index contributed by atoms with van der Waals surface area (Å²) in [6.07, 6.45) is 6.69. The monoisotopic (exact) mass is 408 g/mol. The van der Waals surface area contributed by atoms with Crippen LogP contribution < -0.4 is 21.7 Å². The van der Waals surface area contributed by atoms with Gasteiger partial charge in [-0.25, -0.2) is 4.79 Å². The number of rotatable bonds is 4. The van der Waals surface area contributed by atoms with Crippen molar-refractivity contribution in [2.75, 3.05) is 32.7 Å². The van der Waals surface area contributed by atoms with Crippen LogP contribution in [0.2, 0.25) is 0 Å². The molecule has 10 nitrogen and oxygen atoms in total. The number of nitrogens with one attached hydrogen (secondary N) is 3. The Kier molecular flexibility index (Phi) is 7.29. The van der Waals surface area contributed by atoms with Crippen LogP contribution in [0, 0.1) is 0 Å². The predicted octanol–water partition coefficient (Wildman–Crippen LogP) is -1.10. The average molecular weight is 409 g/mol. The first-order valence-corrected chi connectivity index (χ1v) is 10.6. The molecule has 5 amide bonds. The number of carbonyl (C=O) groups is 4. The Bertz CT molecular complexity index is 636. The zero-order valence-electron chi connectivity index (χ0n) is 16.8. The fourth-order valence-electron chi connectivity index (χ4n) is 4.30. The molecule has 10 heteroatoms. The van der Waals surface area contributed by atoms with E-state index in [4.69, 9.17) is 5.73 Å². The molecule has 2 aliphatic heterocycles. The van der Waals surface area contributed by atoms with Gasteiger partial charge in [0.25, 0.3) is 0 Å². The Labute approximate surface area is 170 Å². The highest BCUT2D eigenvalue weighted by Gasteiger charge is 2.38. The molecule has 2 unspecified atom stereocenters. The number of hydrogen-bond donors (Lipinski definition) is 4. The predicted molar refractivity (Wildman–Crippen MR) is 106 cm³/mol. The zero-order valence-corrected chi connectivity index (χ0v) is 16.8. The second kappa shape index (κ2) is 9.91. The minimum Gasteiger partial charge on any atom is -0.354 e. The first kappa shape index (κ1) is 21.4. The van der Waals surface area contributed by atoms with Crippen LogP contribution in [-0.2, 0) is 14.4 Å². The van der Waals surface area contributed by atoms with Crippen LogP contribution in [0.1, 0.15) is 44.9 Å². The number of carbonyl (C=O) groups excluding carboxylic acids is 4. The van der Waals surface area contributed by atoms with E-state index in [1.165, 1.54) is 11.3 Å². The minimum atomic E-state index is -0.855. The molecule has 0 spiro atoms. The molecule has 2 heterocycles. The SMILES string of the molecule is NCC(=O)N1CCN(C(=O)NC2CCCCC2)CC1C(=O)NC1CCCNC1=O. The fraction of sp³-hybridized carbons (Fsp3) is 0.789. The molecule has 0 aromatic rings. The standard InChI is InChI=1S/C19H32N6O4/c20-11-16(26)25-10-9-24(19(29)22-13-5-2-1-3-6-13)12-15(25)18(28)23-14-7-4-8-21-17(14)27/h13-15H,1-12,20H2,(H,21,27)(H,22,29)(H,23,28). The Morgan fingerprint density at radius 2 is 1.79 bits per heavy atom. The topological polar surface area (TPSA) is 137 Å². The van der Waals surface area contributed by atoms with Crippen LogP contribution in [0.15, 0.2) is 0 Å². The van der Waals surface area contributed by atoms with Crippen molar-refractivity contribution in [1.82, 2.24) is 25.8 Å². The second-order valence-electron chi connectivity index (χ2n) is 8.03. The lowest BCUT2D eigenvalue weighted by Gasteiger charge is -2.41. The summed E-state index contributed by atoms with van der Waals surface area (Å²) >= 11 is 0. The largest absolute Gasteiger partial charge is 0.354 e. The molecular formula is C19H32N6O4. The van der Waals surface area contributed by atoms with E-state index in [2.05, 4.69) is 16.0 Å². The molecule has 3 rings (SSSR count). The number of nitrogens with two attached hydrogens (primary N) is 1.